The zero-order valence-corrected chi connectivity index (χ0v) is 15.8. The lowest BCUT2D eigenvalue weighted by Gasteiger charge is -2.08. The maximum Gasteiger partial charge on any atom is 0.231 e. The summed E-state index contributed by atoms with van der Waals surface area (Å²) in [7, 11) is 0. The maximum absolute atomic E-state index is 5.79. The highest BCUT2D eigenvalue weighted by molar-refractivity contribution is 7.09. The van der Waals surface area contributed by atoms with Crippen LogP contribution in [0.2, 0.25) is 0 Å². The Hall–Kier alpha value is -2.21. The Balaban J connectivity index is 0.00000196. The molecule has 2 heterocycles. The van der Waals surface area contributed by atoms with Crippen molar-refractivity contribution in [2.24, 2.45) is 0 Å². The van der Waals surface area contributed by atoms with Gasteiger partial charge in [-0.2, -0.15) is 0 Å². The van der Waals surface area contributed by atoms with Crippen LogP contribution in [0, 0.1) is 0 Å². The van der Waals surface area contributed by atoms with E-state index in [1.165, 1.54) is 16.0 Å². The molecule has 6 heteroatoms. The van der Waals surface area contributed by atoms with E-state index in [-0.39, 0.29) is 12.4 Å². The molecule has 0 saturated heterocycles. The Bertz CT molecular complexity index is 822. The topological polar surface area (TPSA) is 39.7 Å². The lowest BCUT2D eigenvalue weighted by Crippen LogP contribution is -2.12. The van der Waals surface area contributed by atoms with Gasteiger partial charge in [0.05, 0.1) is 0 Å². The molecular weight excluding hydrogens is 370 g/mol. The van der Waals surface area contributed by atoms with Gasteiger partial charge in [0.25, 0.3) is 0 Å². The molecule has 0 bridgehead atoms. The Kier molecular flexibility index (Phi) is 6.39. The van der Waals surface area contributed by atoms with Gasteiger partial charge in [-0.25, -0.2) is 0 Å². The standard InChI is InChI=1S/C20H19NO3S.ClH/c1-2-18(25-9-1)13-22-17-6-3-15(4-7-17)11-21-12-16-5-8-19-20(10-16)24-14-23-19;/h1-10,21H,11-14H2;1H. The largest absolute Gasteiger partial charge is 0.488 e. The summed E-state index contributed by atoms with van der Waals surface area (Å²) >= 11 is 1.71. The van der Waals surface area contributed by atoms with Crippen molar-refractivity contribution in [3.8, 4) is 17.2 Å². The van der Waals surface area contributed by atoms with Crippen LogP contribution in [0.5, 0.6) is 17.2 Å². The fourth-order valence-corrected chi connectivity index (χ4v) is 3.27. The number of ether oxygens (including phenoxy) is 3. The van der Waals surface area contributed by atoms with E-state index >= 15 is 0 Å². The third-order valence-electron chi connectivity index (χ3n) is 3.98. The number of hydrogen-bond acceptors (Lipinski definition) is 5. The summed E-state index contributed by atoms with van der Waals surface area (Å²) in [4.78, 5) is 1.23. The lowest BCUT2D eigenvalue weighted by molar-refractivity contribution is 0.174. The maximum atomic E-state index is 5.79. The zero-order valence-electron chi connectivity index (χ0n) is 14.1. The molecule has 4 rings (SSSR count). The van der Waals surface area contributed by atoms with Crippen LogP contribution in [-0.4, -0.2) is 6.79 Å². The van der Waals surface area contributed by atoms with Gasteiger partial charge in [-0.3, -0.25) is 0 Å². The molecule has 0 aliphatic carbocycles. The van der Waals surface area contributed by atoms with Gasteiger partial charge in [-0.1, -0.05) is 24.3 Å². The molecule has 136 valence electrons. The highest BCUT2D eigenvalue weighted by Crippen LogP contribution is 2.32. The highest BCUT2D eigenvalue weighted by atomic mass is 35.5. The molecule has 1 aliphatic heterocycles. The first kappa shape index (κ1) is 18.6. The van der Waals surface area contributed by atoms with Gasteiger partial charge >= 0.3 is 0 Å². The summed E-state index contributed by atoms with van der Waals surface area (Å²) in [5.74, 6) is 2.54. The molecule has 0 atom stereocenters. The first-order valence-electron chi connectivity index (χ1n) is 8.20. The Morgan fingerprint density at radius 2 is 1.69 bits per heavy atom. The molecule has 0 amide bonds. The van der Waals surface area contributed by atoms with Gasteiger partial charge < -0.3 is 19.5 Å². The Labute approximate surface area is 163 Å². The molecule has 0 fully saturated rings. The summed E-state index contributed by atoms with van der Waals surface area (Å²) in [6.07, 6.45) is 0. The minimum atomic E-state index is 0. The predicted molar refractivity (Wildman–Crippen MR) is 105 cm³/mol. The van der Waals surface area contributed by atoms with Crippen LogP contribution >= 0.6 is 23.7 Å². The van der Waals surface area contributed by atoms with Crippen molar-refractivity contribution in [2.45, 2.75) is 19.7 Å². The van der Waals surface area contributed by atoms with Gasteiger partial charge in [0.2, 0.25) is 6.79 Å². The van der Waals surface area contributed by atoms with Gasteiger partial charge in [-0.15, -0.1) is 23.7 Å². The second kappa shape index (κ2) is 8.94. The number of nitrogens with one attached hydrogen (secondary N) is 1. The van der Waals surface area contributed by atoms with Crippen LogP contribution in [-0.2, 0) is 19.7 Å². The van der Waals surface area contributed by atoms with Crippen molar-refractivity contribution in [1.82, 2.24) is 5.32 Å². The minimum absolute atomic E-state index is 0. The summed E-state index contributed by atoms with van der Waals surface area (Å²) in [6, 6.07) is 18.4. The van der Waals surface area contributed by atoms with Crippen molar-refractivity contribution >= 4 is 23.7 Å². The van der Waals surface area contributed by atoms with E-state index in [0.717, 1.165) is 30.3 Å². The summed E-state index contributed by atoms with van der Waals surface area (Å²) < 4.78 is 16.5. The Morgan fingerprint density at radius 1 is 0.923 bits per heavy atom. The number of benzene rings is 2. The van der Waals surface area contributed by atoms with Crippen LogP contribution in [0.15, 0.2) is 60.0 Å². The molecule has 0 unspecified atom stereocenters. The van der Waals surface area contributed by atoms with Crippen molar-refractivity contribution in [3.05, 3.63) is 76.0 Å². The van der Waals surface area contributed by atoms with E-state index in [0.29, 0.717) is 13.4 Å². The first-order chi connectivity index (χ1) is 12.4. The molecular formula is C20H20ClNO3S. The van der Waals surface area contributed by atoms with Crippen molar-refractivity contribution < 1.29 is 14.2 Å². The van der Waals surface area contributed by atoms with Gasteiger partial charge in [0, 0.05) is 18.0 Å². The van der Waals surface area contributed by atoms with E-state index in [4.69, 9.17) is 14.2 Å². The number of fused-ring (bicyclic) bond motifs is 1. The Morgan fingerprint density at radius 3 is 2.50 bits per heavy atom. The molecule has 1 N–H and O–H groups in total. The van der Waals surface area contributed by atoms with Crippen molar-refractivity contribution in [3.63, 3.8) is 0 Å². The predicted octanol–water partition coefficient (Wildman–Crippen LogP) is 4.77. The SMILES string of the molecule is Cl.c1csc(COc2ccc(CNCc3ccc4c(c3)OCO4)cc2)c1. The van der Waals surface area contributed by atoms with Gasteiger partial charge in [0.15, 0.2) is 11.5 Å². The van der Waals surface area contributed by atoms with Crippen LogP contribution in [0.1, 0.15) is 16.0 Å². The third-order valence-corrected chi connectivity index (χ3v) is 4.83. The molecule has 4 nitrogen and oxygen atoms in total. The highest BCUT2D eigenvalue weighted by Gasteiger charge is 2.12. The van der Waals surface area contributed by atoms with Crippen LogP contribution in [0.25, 0.3) is 0 Å². The fraction of sp³-hybridized carbons (Fsp3) is 0.200. The number of rotatable bonds is 7. The monoisotopic (exact) mass is 389 g/mol. The van der Waals surface area contributed by atoms with Crippen molar-refractivity contribution in [2.75, 3.05) is 6.79 Å². The second-order valence-electron chi connectivity index (χ2n) is 5.80. The van der Waals surface area contributed by atoms with E-state index < -0.39 is 0 Å². The third kappa shape index (κ3) is 4.69. The van der Waals surface area contributed by atoms with Gasteiger partial charge in [0.1, 0.15) is 12.4 Å². The van der Waals surface area contributed by atoms with E-state index in [9.17, 15) is 0 Å². The molecule has 3 aromatic rings. The average Bonchev–Trinajstić information content (AvgIpc) is 3.32. The van der Waals surface area contributed by atoms with E-state index in [1.807, 2.05) is 30.3 Å². The van der Waals surface area contributed by atoms with Crippen LogP contribution in [0.3, 0.4) is 0 Å². The molecule has 2 aromatic carbocycles. The zero-order chi connectivity index (χ0) is 16.9. The molecule has 0 radical (unpaired) electrons. The molecule has 26 heavy (non-hydrogen) atoms. The minimum Gasteiger partial charge on any atom is -0.488 e. The smallest absolute Gasteiger partial charge is 0.231 e. The van der Waals surface area contributed by atoms with Gasteiger partial charge in [-0.05, 0) is 46.8 Å². The van der Waals surface area contributed by atoms with E-state index in [2.05, 4.69) is 35.0 Å². The fourth-order valence-electron chi connectivity index (χ4n) is 2.65. The molecule has 1 aromatic heterocycles. The average molecular weight is 390 g/mol. The van der Waals surface area contributed by atoms with E-state index in [1.54, 1.807) is 11.3 Å². The molecule has 0 spiro atoms. The quantitative estimate of drug-likeness (QED) is 0.632. The normalized spacial score (nSPS) is 11.8. The molecule has 1 aliphatic rings. The summed E-state index contributed by atoms with van der Waals surface area (Å²) in [5, 5.41) is 5.51. The number of thiophene rings is 1. The van der Waals surface area contributed by atoms with Crippen molar-refractivity contribution in [1.29, 1.82) is 0 Å². The van der Waals surface area contributed by atoms with Crippen LogP contribution < -0.4 is 19.5 Å². The second-order valence-corrected chi connectivity index (χ2v) is 6.84. The number of hydrogen-bond donors (Lipinski definition) is 1. The lowest BCUT2D eigenvalue weighted by atomic mass is 10.2. The summed E-state index contributed by atoms with van der Waals surface area (Å²) in [6.45, 7) is 2.53. The van der Waals surface area contributed by atoms with Crippen LogP contribution in [0.4, 0.5) is 0 Å². The number of halogens is 1. The molecule has 0 saturated carbocycles. The summed E-state index contributed by atoms with van der Waals surface area (Å²) in [5.41, 5.74) is 2.41. The first-order valence-corrected chi connectivity index (χ1v) is 9.08.